The molecule has 0 saturated heterocycles. The molecule has 0 bridgehead atoms. The van der Waals surface area contributed by atoms with Crippen LogP contribution >= 0.6 is 12.4 Å². The Hall–Kier alpha value is -2.37. The van der Waals surface area contributed by atoms with E-state index in [9.17, 15) is 4.79 Å². The largest absolute Gasteiger partial charge is 0.326 e. The van der Waals surface area contributed by atoms with Gasteiger partial charge in [-0.2, -0.15) is 5.10 Å². The Morgan fingerprint density at radius 3 is 2.46 bits per heavy atom. The number of hydrogen-bond acceptors (Lipinski definition) is 3. The van der Waals surface area contributed by atoms with Crippen LogP contribution in [0.15, 0.2) is 54.7 Å². The molecule has 3 rings (SSSR count). The first-order valence-corrected chi connectivity index (χ1v) is 8.56. The van der Waals surface area contributed by atoms with E-state index in [1.807, 2.05) is 66.3 Å². The average molecular weight is 373 g/mol. The molecule has 3 N–H and O–H groups in total. The van der Waals surface area contributed by atoms with Crippen molar-refractivity contribution in [2.45, 2.75) is 32.9 Å². The number of fused-ring (bicyclic) bond motifs is 1. The summed E-state index contributed by atoms with van der Waals surface area (Å²) < 4.78 is 1.95. The third-order valence-electron chi connectivity index (χ3n) is 4.49. The lowest BCUT2D eigenvalue weighted by atomic mass is 9.94. The molecule has 2 atom stereocenters. The van der Waals surface area contributed by atoms with Gasteiger partial charge in [0.15, 0.2) is 0 Å². The molecule has 2 aromatic carbocycles. The van der Waals surface area contributed by atoms with Gasteiger partial charge in [-0.3, -0.25) is 9.48 Å². The number of rotatable bonds is 5. The summed E-state index contributed by atoms with van der Waals surface area (Å²) in [6.07, 6.45) is 1.84. The molecular formula is C20H25ClN4O. The second kappa shape index (κ2) is 8.34. The number of nitrogens with one attached hydrogen (secondary N) is 1. The van der Waals surface area contributed by atoms with Crippen molar-refractivity contribution in [3.05, 3.63) is 60.3 Å². The first-order chi connectivity index (χ1) is 12.0. The van der Waals surface area contributed by atoms with Gasteiger partial charge in [0.05, 0.1) is 17.6 Å². The molecule has 0 aliphatic heterocycles. The molecule has 1 heterocycles. The molecule has 0 saturated carbocycles. The fraction of sp³-hybridized carbons (Fsp3) is 0.300. The maximum absolute atomic E-state index is 12.6. The van der Waals surface area contributed by atoms with Gasteiger partial charge < -0.3 is 11.1 Å². The van der Waals surface area contributed by atoms with Gasteiger partial charge in [-0.25, -0.2) is 0 Å². The van der Waals surface area contributed by atoms with Gasteiger partial charge in [0.25, 0.3) is 0 Å². The number of halogens is 1. The van der Waals surface area contributed by atoms with Gasteiger partial charge in [0, 0.05) is 23.2 Å². The van der Waals surface area contributed by atoms with Gasteiger partial charge in [-0.15, -0.1) is 12.4 Å². The highest BCUT2D eigenvalue weighted by Gasteiger charge is 2.22. The Bertz CT molecular complexity index is 876. The van der Waals surface area contributed by atoms with Gasteiger partial charge in [0.2, 0.25) is 5.91 Å². The van der Waals surface area contributed by atoms with Crippen LogP contribution in [-0.4, -0.2) is 15.7 Å². The number of benzene rings is 2. The van der Waals surface area contributed by atoms with Crippen molar-refractivity contribution in [1.82, 2.24) is 9.78 Å². The van der Waals surface area contributed by atoms with Crippen LogP contribution in [0, 0.1) is 5.92 Å². The Kier molecular flexibility index (Phi) is 6.40. The van der Waals surface area contributed by atoms with E-state index in [0.717, 1.165) is 22.2 Å². The first-order valence-electron chi connectivity index (χ1n) is 8.56. The minimum Gasteiger partial charge on any atom is -0.326 e. The van der Waals surface area contributed by atoms with E-state index in [0.29, 0.717) is 0 Å². The topological polar surface area (TPSA) is 72.9 Å². The number of nitrogens with two attached hydrogens (primary N) is 1. The number of carbonyl (C=O) groups is 1. The molecule has 1 aromatic heterocycles. The highest BCUT2D eigenvalue weighted by molar-refractivity contribution is 5.95. The molecule has 0 fully saturated rings. The number of anilines is 1. The molecular weight excluding hydrogens is 348 g/mol. The summed E-state index contributed by atoms with van der Waals surface area (Å²) in [6, 6.07) is 15.4. The third kappa shape index (κ3) is 4.06. The molecule has 0 spiro atoms. The van der Waals surface area contributed by atoms with E-state index < -0.39 is 0 Å². The minimum absolute atomic E-state index is 0. The van der Waals surface area contributed by atoms with Crippen LogP contribution in [0.1, 0.15) is 38.4 Å². The van der Waals surface area contributed by atoms with Crippen molar-refractivity contribution in [3.63, 3.8) is 0 Å². The maximum Gasteiger partial charge on any atom is 0.229 e. The van der Waals surface area contributed by atoms with Crippen LogP contribution in [0.3, 0.4) is 0 Å². The Morgan fingerprint density at radius 1 is 1.12 bits per heavy atom. The summed E-state index contributed by atoms with van der Waals surface area (Å²) in [4.78, 5) is 12.6. The van der Waals surface area contributed by atoms with E-state index in [4.69, 9.17) is 5.73 Å². The number of nitrogens with zero attached hydrogens (tertiary/aromatic N) is 2. The molecule has 26 heavy (non-hydrogen) atoms. The standard InChI is InChI=1S/C20H24N4O.ClH/c1-13(2)24-18-11-17(10-9-16(18)12-22-24)23-20(25)14(3)19(21)15-7-5-4-6-8-15;/h4-14,19H,21H2,1-3H3,(H,23,25);1H. The van der Waals surface area contributed by atoms with Crippen LogP contribution in [0.25, 0.3) is 10.9 Å². The molecule has 6 heteroatoms. The highest BCUT2D eigenvalue weighted by atomic mass is 35.5. The predicted octanol–water partition coefficient (Wildman–Crippen LogP) is 4.31. The van der Waals surface area contributed by atoms with Crippen LogP contribution in [0.2, 0.25) is 0 Å². The lowest BCUT2D eigenvalue weighted by Crippen LogP contribution is -2.30. The van der Waals surface area contributed by atoms with Crippen LogP contribution in [0.5, 0.6) is 0 Å². The number of aromatic nitrogens is 2. The fourth-order valence-corrected chi connectivity index (χ4v) is 2.91. The second-order valence-corrected chi connectivity index (χ2v) is 6.67. The summed E-state index contributed by atoms with van der Waals surface area (Å²) in [7, 11) is 0. The van der Waals surface area contributed by atoms with Crippen molar-refractivity contribution in [1.29, 1.82) is 0 Å². The van der Waals surface area contributed by atoms with E-state index in [1.54, 1.807) is 0 Å². The number of carbonyl (C=O) groups excluding carboxylic acids is 1. The zero-order valence-corrected chi connectivity index (χ0v) is 16.0. The highest BCUT2D eigenvalue weighted by Crippen LogP contribution is 2.24. The summed E-state index contributed by atoms with van der Waals surface area (Å²) in [5.74, 6) is -0.431. The molecule has 138 valence electrons. The zero-order valence-electron chi connectivity index (χ0n) is 15.2. The van der Waals surface area contributed by atoms with E-state index in [1.165, 1.54) is 0 Å². The average Bonchev–Trinajstić information content (AvgIpc) is 3.04. The smallest absolute Gasteiger partial charge is 0.229 e. The van der Waals surface area contributed by atoms with Crippen molar-refractivity contribution < 1.29 is 4.79 Å². The summed E-state index contributed by atoms with van der Waals surface area (Å²) in [6.45, 7) is 6.02. The first kappa shape index (κ1) is 19.9. The summed E-state index contributed by atoms with van der Waals surface area (Å²) in [5, 5.41) is 8.44. The quantitative estimate of drug-likeness (QED) is 0.700. The lowest BCUT2D eigenvalue weighted by Gasteiger charge is -2.20. The van der Waals surface area contributed by atoms with Crippen molar-refractivity contribution >= 4 is 34.9 Å². The zero-order chi connectivity index (χ0) is 18.0. The molecule has 2 unspecified atom stereocenters. The Balaban J connectivity index is 0.00000243. The van der Waals surface area contributed by atoms with Gasteiger partial charge >= 0.3 is 0 Å². The van der Waals surface area contributed by atoms with Gasteiger partial charge in [0.1, 0.15) is 0 Å². The maximum atomic E-state index is 12.6. The Labute approximate surface area is 160 Å². The van der Waals surface area contributed by atoms with Crippen LogP contribution in [-0.2, 0) is 4.79 Å². The van der Waals surface area contributed by atoms with Gasteiger partial charge in [-0.05, 0) is 37.6 Å². The molecule has 0 aliphatic rings. The summed E-state index contributed by atoms with van der Waals surface area (Å²) in [5.41, 5.74) is 8.98. The van der Waals surface area contributed by atoms with E-state index >= 15 is 0 Å². The van der Waals surface area contributed by atoms with Crippen molar-refractivity contribution in [2.75, 3.05) is 5.32 Å². The number of hydrogen-bond donors (Lipinski definition) is 2. The fourth-order valence-electron chi connectivity index (χ4n) is 2.91. The lowest BCUT2D eigenvalue weighted by molar-refractivity contribution is -0.120. The third-order valence-corrected chi connectivity index (χ3v) is 4.49. The van der Waals surface area contributed by atoms with Crippen molar-refractivity contribution in [3.8, 4) is 0 Å². The Morgan fingerprint density at radius 2 is 1.81 bits per heavy atom. The molecule has 5 nitrogen and oxygen atoms in total. The van der Waals surface area contributed by atoms with E-state index in [-0.39, 0.29) is 36.3 Å². The van der Waals surface area contributed by atoms with E-state index in [2.05, 4.69) is 24.3 Å². The van der Waals surface area contributed by atoms with Gasteiger partial charge in [-0.1, -0.05) is 37.3 Å². The van der Waals surface area contributed by atoms with Crippen LogP contribution < -0.4 is 11.1 Å². The second-order valence-electron chi connectivity index (χ2n) is 6.67. The minimum atomic E-state index is -0.342. The molecule has 3 aromatic rings. The summed E-state index contributed by atoms with van der Waals surface area (Å²) >= 11 is 0. The molecule has 0 radical (unpaired) electrons. The number of amides is 1. The van der Waals surface area contributed by atoms with Crippen LogP contribution in [0.4, 0.5) is 5.69 Å². The molecule has 1 amide bonds. The van der Waals surface area contributed by atoms with Crippen molar-refractivity contribution in [2.24, 2.45) is 11.7 Å². The normalized spacial score (nSPS) is 13.3. The molecule has 0 aliphatic carbocycles. The predicted molar refractivity (Wildman–Crippen MR) is 109 cm³/mol. The monoisotopic (exact) mass is 372 g/mol. The SMILES string of the molecule is CC(C(=O)Nc1ccc2cnn(C(C)C)c2c1)C(N)c1ccccc1.Cl.